The fourth-order valence-electron chi connectivity index (χ4n) is 10.4. The molecule has 0 unspecified atom stereocenters. The van der Waals surface area contributed by atoms with Crippen LogP contribution in [0.25, 0.3) is 86.9 Å². The van der Waals surface area contributed by atoms with Crippen molar-refractivity contribution in [1.82, 2.24) is 15.0 Å². The molecule has 2 heterocycles. The summed E-state index contributed by atoms with van der Waals surface area (Å²) < 4.78 is 7.19. The largest absolute Gasteiger partial charge is 0.455 e. The third-order valence-electron chi connectivity index (χ3n) is 13.0. The number of nitrogens with zero attached hydrogens (tertiary/aromatic N) is 4. The van der Waals surface area contributed by atoms with Gasteiger partial charge in [-0.05, 0) is 105 Å². The summed E-state index contributed by atoms with van der Waals surface area (Å²) in [5.74, 6) is 2.05. The lowest BCUT2D eigenvalue weighted by Crippen LogP contribution is -2.54. The normalized spacial score (nSPS) is 12.5. The van der Waals surface area contributed by atoms with Gasteiger partial charge in [0, 0.05) is 5.56 Å². The standard InChI is InChI=1S/C57H35BN4O/c1-2-15-37(16-3-1)58-51-28-10-11-30-53(51)63-56-38(23-14-29-52(56)62(58)57-60-34-59-35-61-57)36-31-32-45-41-19-6-9-22-44(41)47-25-12-24-46-42-20-7-4-17-39(42)40-18-5-8-21-43(40)48-26-13-27-49(50(45)33-36)55(48)54(46)47/h1-35H. The van der Waals surface area contributed by atoms with Gasteiger partial charge in [-0.3, -0.25) is 0 Å². The Labute approximate surface area is 363 Å². The summed E-state index contributed by atoms with van der Waals surface area (Å²) in [5.41, 5.74) is 7.46. The van der Waals surface area contributed by atoms with Gasteiger partial charge in [0.25, 0.3) is 0 Å². The zero-order valence-electron chi connectivity index (χ0n) is 34.0. The van der Waals surface area contributed by atoms with E-state index < -0.39 is 0 Å². The maximum Gasteiger partial charge on any atom is 0.335 e. The van der Waals surface area contributed by atoms with Crippen LogP contribution in [0.15, 0.2) is 213 Å². The second-order valence-corrected chi connectivity index (χ2v) is 16.3. The Morgan fingerprint density at radius 1 is 0.397 bits per heavy atom. The van der Waals surface area contributed by atoms with E-state index in [0.717, 1.165) is 44.6 Å². The van der Waals surface area contributed by atoms with Gasteiger partial charge >= 0.3 is 6.85 Å². The smallest absolute Gasteiger partial charge is 0.335 e. The molecule has 6 heteroatoms. The van der Waals surface area contributed by atoms with Crippen molar-refractivity contribution in [2.24, 2.45) is 0 Å². The van der Waals surface area contributed by atoms with Crippen molar-refractivity contribution < 1.29 is 4.74 Å². The zero-order valence-corrected chi connectivity index (χ0v) is 34.0. The van der Waals surface area contributed by atoms with E-state index in [1.165, 1.54) is 70.4 Å². The first kappa shape index (κ1) is 35.4. The molecule has 9 aromatic carbocycles. The van der Waals surface area contributed by atoms with Gasteiger partial charge in [0.05, 0.1) is 5.69 Å². The molecule has 1 aliphatic heterocycles. The van der Waals surface area contributed by atoms with Crippen LogP contribution in [0.2, 0.25) is 0 Å². The van der Waals surface area contributed by atoms with Crippen LogP contribution in [0, 0.1) is 0 Å². The van der Waals surface area contributed by atoms with Crippen molar-refractivity contribution in [2.75, 3.05) is 4.81 Å². The van der Waals surface area contributed by atoms with Crippen LogP contribution >= 0.6 is 0 Å². The quantitative estimate of drug-likeness (QED) is 0.167. The molecule has 1 aromatic heterocycles. The fraction of sp³-hybridized carbons (Fsp3) is 0. The van der Waals surface area contributed by atoms with Crippen molar-refractivity contribution >= 4 is 94.0 Å². The third kappa shape index (κ3) is 5.41. The SMILES string of the molecule is c1ccc(B2c3ccccc3Oc3c(-c4ccc5c(c4)c4cccc6c4-c4c(cccc4c4ccccc45)c4ccccc4c4ccccc64)cccc3N2c2ncncn2)cc1. The molecule has 2 aliphatic carbocycles. The third-order valence-corrected chi connectivity index (χ3v) is 13.0. The lowest BCUT2D eigenvalue weighted by Gasteiger charge is -2.29. The van der Waals surface area contributed by atoms with Crippen LogP contribution in [-0.2, 0) is 0 Å². The van der Waals surface area contributed by atoms with Crippen LogP contribution in [-0.4, -0.2) is 21.8 Å². The minimum absolute atomic E-state index is 0.278. The molecule has 63 heavy (non-hydrogen) atoms. The number of rotatable bonds is 3. The van der Waals surface area contributed by atoms with Crippen molar-refractivity contribution in [3.05, 3.63) is 213 Å². The van der Waals surface area contributed by atoms with Gasteiger partial charge in [-0.15, -0.1) is 0 Å². The van der Waals surface area contributed by atoms with Gasteiger partial charge in [-0.2, -0.15) is 0 Å². The fourth-order valence-corrected chi connectivity index (χ4v) is 10.4. The molecule has 292 valence electrons. The monoisotopic (exact) mass is 802 g/mol. The summed E-state index contributed by atoms with van der Waals surface area (Å²) in [6.45, 7) is -0.278. The van der Waals surface area contributed by atoms with E-state index in [4.69, 9.17) is 14.7 Å². The van der Waals surface area contributed by atoms with Crippen LogP contribution in [0.5, 0.6) is 11.5 Å². The Balaban J connectivity index is 1.17. The van der Waals surface area contributed by atoms with E-state index in [9.17, 15) is 0 Å². The lowest BCUT2D eigenvalue weighted by atomic mass is 9.49. The van der Waals surface area contributed by atoms with Crippen molar-refractivity contribution in [3.8, 4) is 33.8 Å². The molecule has 0 radical (unpaired) electrons. The molecular weight excluding hydrogens is 767 g/mol. The highest BCUT2D eigenvalue weighted by Gasteiger charge is 2.38. The molecule has 3 aliphatic rings. The molecule has 0 N–H and O–H groups in total. The molecule has 0 saturated heterocycles. The number of para-hydroxylation sites is 2. The minimum Gasteiger partial charge on any atom is -0.455 e. The van der Waals surface area contributed by atoms with E-state index >= 15 is 0 Å². The summed E-state index contributed by atoms with van der Waals surface area (Å²) in [7, 11) is 0. The van der Waals surface area contributed by atoms with Crippen molar-refractivity contribution in [2.45, 2.75) is 0 Å². The average Bonchev–Trinajstić information content (AvgIpc) is 3.50. The number of benzene rings is 9. The van der Waals surface area contributed by atoms with Gasteiger partial charge in [0.2, 0.25) is 5.95 Å². The molecule has 13 rings (SSSR count). The molecule has 0 atom stereocenters. The Morgan fingerprint density at radius 3 is 1.48 bits per heavy atom. The molecule has 10 aromatic rings. The van der Waals surface area contributed by atoms with E-state index in [1.54, 1.807) is 12.7 Å². The Bertz CT molecular complexity index is 3800. The van der Waals surface area contributed by atoms with E-state index in [0.29, 0.717) is 5.95 Å². The molecule has 0 bridgehead atoms. The number of aromatic nitrogens is 3. The minimum atomic E-state index is -0.278. The summed E-state index contributed by atoms with van der Waals surface area (Å²) in [4.78, 5) is 15.9. The molecule has 0 fully saturated rings. The van der Waals surface area contributed by atoms with E-state index in [2.05, 4.69) is 198 Å². The Kier molecular flexibility index (Phi) is 7.94. The second kappa shape index (κ2) is 14.1. The summed E-state index contributed by atoms with van der Waals surface area (Å²) >= 11 is 0. The number of hydrogen-bond acceptors (Lipinski definition) is 5. The van der Waals surface area contributed by atoms with Gasteiger partial charge in [-0.25, -0.2) is 15.0 Å². The van der Waals surface area contributed by atoms with Crippen LogP contribution in [0.1, 0.15) is 0 Å². The van der Waals surface area contributed by atoms with Gasteiger partial charge < -0.3 is 9.55 Å². The van der Waals surface area contributed by atoms with Crippen molar-refractivity contribution in [1.29, 1.82) is 0 Å². The van der Waals surface area contributed by atoms with Crippen LogP contribution < -0.4 is 20.5 Å². The van der Waals surface area contributed by atoms with Crippen molar-refractivity contribution in [3.63, 3.8) is 0 Å². The topological polar surface area (TPSA) is 51.1 Å². The van der Waals surface area contributed by atoms with Gasteiger partial charge in [0.15, 0.2) is 5.75 Å². The predicted octanol–water partition coefficient (Wildman–Crippen LogP) is 13.2. The van der Waals surface area contributed by atoms with Crippen LogP contribution in [0.3, 0.4) is 0 Å². The highest BCUT2D eigenvalue weighted by molar-refractivity contribution is 6.89. The lowest BCUT2D eigenvalue weighted by molar-refractivity contribution is 0.491. The summed E-state index contributed by atoms with van der Waals surface area (Å²) in [5, 5.41) is 14.5. The highest BCUT2D eigenvalue weighted by Crippen LogP contribution is 2.49. The second-order valence-electron chi connectivity index (χ2n) is 16.3. The zero-order chi connectivity index (χ0) is 41.4. The maximum absolute atomic E-state index is 7.19. The van der Waals surface area contributed by atoms with Crippen LogP contribution in [0.4, 0.5) is 11.6 Å². The van der Waals surface area contributed by atoms with E-state index in [-0.39, 0.29) is 6.85 Å². The number of fused-ring (bicyclic) bond motifs is 12. The summed E-state index contributed by atoms with van der Waals surface area (Å²) in [6, 6.07) is 72.5. The molecule has 5 nitrogen and oxygen atoms in total. The first-order valence-corrected chi connectivity index (χ1v) is 21.4. The average molecular weight is 803 g/mol. The maximum atomic E-state index is 7.19. The number of hydrogen-bond donors (Lipinski definition) is 0. The van der Waals surface area contributed by atoms with E-state index in [1.807, 2.05) is 12.1 Å². The predicted molar refractivity (Wildman–Crippen MR) is 262 cm³/mol. The number of ether oxygens (including phenoxy) is 1. The van der Waals surface area contributed by atoms with Gasteiger partial charge in [0.1, 0.15) is 18.4 Å². The highest BCUT2D eigenvalue weighted by atomic mass is 16.5. The van der Waals surface area contributed by atoms with Gasteiger partial charge in [-0.1, -0.05) is 187 Å². The first-order valence-electron chi connectivity index (χ1n) is 21.4. The number of anilines is 2. The summed E-state index contributed by atoms with van der Waals surface area (Å²) in [6.07, 6.45) is 3.12. The Hall–Kier alpha value is -8.35. The molecular formula is C57H35BN4O. The molecule has 0 spiro atoms. The molecule has 0 saturated carbocycles. The Morgan fingerprint density at radius 2 is 0.873 bits per heavy atom. The first-order chi connectivity index (χ1) is 31.3. The molecule has 0 amide bonds.